The molecule has 9 nitrogen and oxygen atoms in total. The summed E-state index contributed by atoms with van der Waals surface area (Å²) >= 11 is 1.39. The topological polar surface area (TPSA) is 89.4 Å². The highest BCUT2D eigenvalue weighted by molar-refractivity contribution is 7.99. The Morgan fingerprint density at radius 1 is 1.02 bits per heavy atom. The molecule has 0 saturated carbocycles. The van der Waals surface area contributed by atoms with Crippen LogP contribution in [0, 0.1) is 12.7 Å². The quantitative estimate of drug-likeness (QED) is 0.0935. The predicted molar refractivity (Wildman–Crippen MR) is 195 cm³/mol. The number of β-amino-alcohol motifs (C(OH)–C–C–N with tert-alkyl or cyclic N) is 1. The molecule has 14 heteroatoms. The second-order valence-corrected chi connectivity index (χ2v) is 14.8. The van der Waals surface area contributed by atoms with Gasteiger partial charge in [0.25, 0.3) is 0 Å². The number of hydrogen-bond donors (Lipinski definition) is 1. The maximum atomic E-state index is 17.2. The molecule has 284 valence electrons. The van der Waals surface area contributed by atoms with Crippen molar-refractivity contribution in [3.8, 4) is 11.5 Å². The van der Waals surface area contributed by atoms with Gasteiger partial charge in [-0.3, -0.25) is 0 Å². The number of aliphatic hydroxyl groups is 1. The third-order valence-corrected chi connectivity index (χ3v) is 10.1. The number of aromatic nitrogens is 2. The maximum absolute atomic E-state index is 17.2. The molecule has 1 N–H and O–H groups in total. The van der Waals surface area contributed by atoms with Crippen LogP contribution in [0.2, 0.25) is 0 Å². The number of halogens is 4. The number of thioether (sulfide) groups is 1. The molecule has 1 saturated heterocycles. The standard InChI is InChI=1S/C39H44F4N4O5S/c1-6-53-37-44-30-18-32(52-21-29(30)36(45-37)46-15-16-51-23-38(3,48)22-46)33-34(39(41,42)43)24(2)17-31(35(33)40)47(19-25-7-11-27(49-4)12-8-25)20-26-9-13-28(50-5)14-10-26/h7-14,17,32,48H,6,15-16,18-23H2,1-5H3. The third kappa shape index (κ3) is 8.83. The van der Waals surface area contributed by atoms with Crippen LogP contribution in [0.4, 0.5) is 29.1 Å². The van der Waals surface area contributed by atoms with Crippen molar-refractivity contribution in [1.82, 2.24) is 9.97 Å². The summed E-state index contributed by atoms with van der Waals surface area (Å²) in [6.45, 7) is 6.39. The van der Waals surface area contributed by atoms with Gasteiger partial charge in [0.2, 0.25) is 0 Å². The number of fused-ring (bicyclic) bond motifs is 1. The van der Waals surface area contributed by atoms with Crippen molar-refractivity contribution < 1.29 is 41.6 Å². The Bertz CT molecular complexity index is 1840. The Morgan fingerprint density at radius 2 is 1.64 bits per heavy atom. The van der Waals surface area contributed by atoms with Crippen LogP contribution in [0.15, 0.2) is 59.8 Å². The van der Waals surface area contributed by atoms with Crippen LogP contribution in [0.3, 0.4) is 0 Å². The lowest BCUT2D eigenvalue weighted by atomic mass is 9.90. The van der Waals surface area contributed by atoms with E-state index in [1.807, 2.05) is 36.1 Å². The van der Waals surface area contributed by atoms with Crippen molar-refractivity contribution in [3.05, 3.63) is 99.5 Å². The summed E-state index contributed by atoms with van der Waals surface area (Å²) in [5.41, 5.74) is -0.168. The monoisotopic (exact) mass is 756 g/mol. The number of aryl methyl sites for hydroxylation is 1. The molecule has 0 aliphatic carbocycles. The lowest BCUT2D eigenvalue weighted by molar-refractivity contribution is -0.140. The minimum Gasteiger partial charge on any atom is -0.497 e. The second-order valence-electron chi connectivity index (χ2n) is 13.5. The zero-order valence-corrected chi connectivity index (χ0v) is 31.2. The smallest absolute Gasteiger partial charge is 0.417 e. The van der Waals surface area contributed by atoms with E-state index >= 15 is 4.39 Å². The van der Waals surface area contributed by atoms with Crippen molar-refractivity contribution in [2.24, 2.45) is 0 Å². The number of methoxy groups -OCH3 is 2. The highest BCUT2D eigenvalue weighted by atomic mass is 32.2. The number of anilines is 2. The minimum atomic E-state index is -4.86. The summed E-state index contributed by atoms with van der Waals surface area (Å²) in [4.78, 5) is 13.2. The van der Waals surface area contributed by atoms with Gasteiger partial charge in [-0.15, -0.1) is 0 Å². The molecule has 2 unspecified atom stereocenters. The van der Waals surface area contributed by atoms with Gasteiger partial charge in [0.05, 0.1) is 63.6 Å². The maximum Gasteiger partial charge on any atom is 0.417 e. The molecular weight excluding hydrogens is 713 g/mol. The summed E-state index contributed by atoms with van der Waals surface area (Å²) in [5, 5.41) is 11.4. The molecule has 1 aromatic heterocycles. The molecule has 4 aromatic rings. The van der Waals surface area contributed by atoms with Crippen molar-refractivity contribution in [1.29, 1.82) is 0 Å². The van der Waals surface area contributed by atoms with Crippen molar-refractivity contribution >= 4 is 23.3 Å². The van der Waals surface area contributed by atoms with E-state index in [0.29, 0.717) is 52.6 Å². The summed E-state index contributed by atoms with van der Waals surface area (Å²) in [6.07, 6.45) is -6.26. The van der Waals surface area contributed by atoms with Gasteiger partial charge in [-0.25, -0.2) is 14.4 Å². The number of rotatable bonds is 11. The van der Waals surface area contributed by atoms with E-state index in [1.165, 1.54) is 24.8 Å². The van der Waals surface area contributed by atoms with Gasteiger partial charge in [-0.05, 0) is 66.6 Å². The number of alkyl halides is 3. The Labute approximate surface area is 311 Å². The third-order valence-electron chi connectivity index (χ3n) is 9.37. The fourth-order valence-corrected chi connectivity index (χ4v) is 7.48. The lowest BCUT2D eigenvalue weighted by Crippen LogP contribution is -2.43. The first-order valence-corrected chi connectivity index (χ1v) is 18.4. The van der Waals surface area contributed by atoms with E-state index in [-0.39, 0.29) is 50.5 Å². The molecule has 3 heterocycles. The molecule has 2 aliphatic heterocycles. The van der Waals surface area contributed by atoms with Gasteiger partial charge in [0.1, 0.15) is 22.9 Å². The summed E-state index contributed by atoms with van der Waals surface area (Å²) < 4.78 is 84.6. The zero-order valence-electron chi connectivity index (χ0n) is 30.4. The summed E-state index contributed by atoms with van der Waals surface area (Å²) in [7, 11) is 3.12. The Morgan fingerprint density at radius 3 is 2.21 bits per heavy atom. The molecule has 1 fully saturated rings. The summed E-state index contributed by atoms with van der Waals surface area (Å²) in [6, 6.07) is 15.8. The molecular formula is C39H44F4N4O5S. The van der Waals surface area contributed by atoms with Crippen molar-refractivity contribution in [2.45, 2.75) is 69.9 Å². The highest BCUT2D eigenvalue weighted by Gasteiger charge is 2.42. The van der Waals surface area contributed by atoms with Crippen LogP contribution in [-0.4, -0.2) is 67.0 Å². The first-order valence-electron chi connectivity index (χ1n) is 17.4. The Hall–Kier alpha value is -4.11. The molecule has 2 atom stereocenters. The van der Waals surface area contributed by atoms with Crippen molar-refractivity contribution in [3.63, 3.8) is 0 Å². The molecule has 0 radical (unpaired) electrons. The van der Waals surface area contributed by atoms with Crippen LogP contribution in [0.25, 0.3) is 0 Å². The second kappa shape index (κ2) is 16.1. The fraction of sp³-hybridized carbons (Fsp3) is 0.436. The van der Waals surface area contributed by atoms with Crippen LogP contribution in [-0.2, 0) is 41.8 Å². The predicted octanol–water partition coefficient (Wildman–Crippen LogP) is 7.68. The van der Waals surface area contributed by atoms with Crippen LogP contribution in [0.5, 0.6) is 11.5 Å². The fourth-order valence-electron chi connectivity index (χ4n) is 6.89. The highest BCUT2D eigenvalue weighted by Crippen LogP contribution is 2.46. The SMILES string of the molecule is CCSc1nc2c(c(N3CCOCC(C)(O)C3)n1)COC(c1c(F)c(N(Cc3ccc(OC)cc3)Cc3ccc(OC)cc3)cc(C)c1C(F)(F)F)C2. The number of benzene rings is 3. The molecule has 2 aliphatic rings. The van der Waals surface area contributed by atoms with Gasteiger partial charge >= 0.3 is 6.18 Å². The van der Waals surface area contributed by atoms with Gasteiger partial charge in [0, 0.05) is 37.2 Å². The zero-order chi connectivity index (χ0) is 37.9. The normalized spacial score (nSPS) is 19.1. The van der Waals surface area contributed by atoms with E-state index in [4.69, 9.17) is 28.9 Å². The minimum absolute atomic E-state index is 0.0175. The van der Waals surface area contributed by atoms with Gasteiger partial charge < -0.3 is 33.9 Å². The van der Waals surface area contributed by atoms with Gasteiger partial charge in [0.15, 0.2) is 11.0 Å². The molecule has 3 aromatic carbocycles. The van der Waals surface area contributed by atoms with E-state index in [1.54, 1.807) is 50.3 Å². The lowest BCUT2D eigenvalue weighted by Gasteiger charge is -2.34. The average Bonchev–Trinajstić information content (AvgIpc) is 3.31. The van der Waals surface area contributed by atoms with E-state index in [2.05, 4.69) is 0 Å². The van der Waals surface area contributed by atoms with Gasteiger partial charge in [-0.2, -0.15) is 13.2 Å². The Kier molecular flexibility index (Phi) is 11.7. The van der Waals surface area contributed by atoms with Crippen LogP contribution >= 0.6 is 11.8 Å². The molecule has 0 spiro atoms. The number of ether oxygens (including phenoxy) is 4. The van der Waals surface area contributed by atoms with Crippen molar-refractivity contribution in [2.75, 3.05) is 56.1 Å². The Balaban J connectivity index is 1.44. The van der Waals surface area contributed by atoms with Gasteiger partial charge in [-0.1, -0.05) is 43.0 Å². The summed E-state index contributed by atoms with van der Waals surface area (Å²) in [5.74, 6) is 1.47. The van der Waals surface area contributed by atoms with E-state index in [0.717, 1.165) is 11.1 Å². The number of hydrogen-bond acceptors (Lipinski definition) is 10. The first kappa shape index (κ1) is 38.6. The molecule has 53 heavy (non-hydrogen) atoms. The number of nitrogens with zero attached hydrogens (tertiary/aromatic N) is 4. The molecule has 0 amide bonds. The largest absolute Gasteiger partial charge is 0.497 e. The van der Waals surface area contributed by atoms with Crippen LogP contribution < -0.4 is 19.3 Å². The first-order chi connectivity index (χ1) is 25.3. The van der Waals surface area contributed by atoms with Crippen LogP contribution in [0.1, 0.15) is 59.0 Å². The average molecular weight is 757 g/mol. The van der Waals surface area contributed by atoms with E-state index in [9.17, 15) is 18.3 Å². The molecule has 6 rings (SSSR count). The van der Waals surface area contributed by atoms with E-state index < -0.39 is 34.8 Å². The molecule has 0 bridgehead atoms.